The summed E-state index contributed by atoms with van der Waals surface area (Å²) in [4.78, 5) is 48.7. The van der Waals surface area contributed by atoms with Crippen LogP contribution < -0.4 is 10.2 Å². The van der Waals surface area contributed by atoms with Crippen molar-refractivity contribution in [2.75, 3.05) is 44.2 Å². The molecule has 3 aliphatic rings. The number of nitrogens with zero attached hydrogens (tertiary/aromatic N) is 4. The van der Waals surface area contributed by atoms with Gasteiger partial charge in [0.2, 0.25) is 0 Å². The lowest BCUT2D eigenvalue weighted by Crippen LogP contribution is -2.52. The number of carbonyl (C=O) groups excluding carboxylic acids is 2. The first-order valence-corrected chi connectivity index (χ1v) is 13.0. The number of amidine groups is 1. The van der Waals surface area contributed by atoms with Crippen LogP contribution in [-0.4, -0.2) is 83.7 Å². The number of carboxylic acid groups (broad SMARTS) is 1. The molecule has 200 valence electrons. The number of aromatic carboxylic acids is 1. The number of amides is 1. The number of alkyl halides is 1. The second kappa shape index (κ2) is 10.2. The van der Waals surface area contributed by atoms with Crippen molar-refractivity contribution in [3.05, 3.63) is 57.4 Å². The molecule has 1 aromatic heterocycles. The van der Waals surface area contributed by atoms with E-state index in [4.69, 9.17) is 4.74 Å². The Morgan fingerprint density at radius 3 is 2.87 bits per heavy atom. The van der Waals surface area contributed by atoms with Crippen LogP contribution in [0.2, 0.25) is 0 Å². The molecule has 38 heavy (non-hydrogen) atoms. The molecule has 1 amide bonds. The highest BCUT2D eigenvalue weighted by atomic mass is 32.1. The molecule has 10 nitrogen and oxygen atoms in total. The van der Waals surface area contributed by atoms with Gasteiger partial charge >= 0.3 is 11.9 Å². The first-order valence-electron chi connectivity index (χ1n) is 12.1. The number of fused-ring (bicyclic) bond motifs is 1. The number of thiazole rings is 1. The summed E-state index contributed by atoms with van der Waals surface area (Å²) in [6, 6.07) is 3.11. The van der Waals surface area contributed by atoms with Gasteiger partial charge in [-0.3, -0.25) is 14.7 Å². The molecule has 13 heteroatoms. The van der Waals surface area contributed by atoms with Crippen molar-refractivity contribution in [1.29, 1.82) is 0 Å². The second-order valence-corrected chi connectivity index (χ2v) is 10.1. The Morgan fingerprint density at radius 2 is 2.16 bits per heavy atom. The number of carbonyl (C=O) groups is 3. The van der Waals surface area contributed by atoms with Crippen LogP contribution in [0, 0.1) is 11.7 Å². The predicted molar refractivity (Wildman–Crippen MR) is 134 cm³/mol. The summed E-state index contributed by atoms with van der Waals surface area (Å²) in [5.74, 6) is -3.70. The summed E-state index contributed by atoms with van der Waals surface area (Å²) < 4.78 is 35.8. The highest BCUT2D eigenvalue weighted by Crippen LogP contribution is 2.42. The summed E-state index contributed by atoms with van der Waals surface area (Å²) in [7, 11) is 0. The van der Waals surface area contributed by atoms with Crippen LogP contribution in [0.3, 0.4) is 0 Å². The Labute approximate surface area is 220 Å². The van der Waals surface area contributed by atoms with Gasteiger partial charge in [0.25, 0.3) is 5.91 Å². The normalized spacial score (nSPS) is 23.7. The lowest BCUT2D eigenvalue weighted by atomic mass is 9.85. The lowest BCUT2D eigenvalue weighted by molar-refractivity contribution is -0.138. The van der Waals surface area contributed by atoms with Crippen LogP contribution in [0.15, 0.2) is 46.0 Å². The molecule has 5 rings (SSSR count). The molecule has 1 aromatic carbocycles. The second-order valence-electron chi connectivity index (χ2n) is 9.24. The SMILES string of the molecule is CCOC(=O)C1=C(CN2CCC3(F)C(=O)N(c4cc(C(=O)O)ccc4F)CC3C2)NC(c2nccs2)=NC1. The van der Waals surface area contributed by atoms with Crippen molar-refractivity contribution < 1.29 is 33.0 Å². The largest absolute Gasteiger partial charge is 0.478 e. The smallest absolute Gasteiger partial charge is 0.337 e. The van der Waals surface area contributed by atoms with Gasteiger partial charge in [-0.15, -0.1) is 11.3 Å². The van der Waals surface area contributed by atoms with Crippen LogP contribution in [-0.2, 0) is 14.3 Å². The maximum Gasteiger partial charge on any atom is 0.337 e. The molecule has 0 saturated carbocycles. The predicted octanol–water partition coefficient (Wildman–Crippen LogP) is 2.22. The number of aromatic nitrogens is 1. The van der Waals surface area contributed by atoms with E-state index in [0.29, 0.717) is 22.1 Å². The first-order chi connectivity index (χ1) is 18.2. The fourth-order valence-electron chi connectivity index (χ4n) is 5.03. The summed E-state index contributed by atoms with van der Waals surface area (Å²) in [5.41, 5.74) is -1.72. The number of esters is 1. The summed E-state index contributed by atoms with van der Waals surface area (Å²) in [5, 5.41) is 14.9. The average Bonchev–Trinajstić information content (AvgIpc) is 3.52. The average molecular weight is 546 g/mol. The number of anilines is 1. The quantitative estimate of drug-likeness (QED) is 0.508. The Morgan fingerprint density at radius 1 is 1.34 bits per heavy atom. The number of likely N-dealkylation sites (tertiary alicyclic amines) is 1. The van der Waals surface area contributed by atoms with Crippen molar-refractivity contribution in [1.82, 2.24) is 15.2 Å². The van der Waals surface area contributed by atoms with Crippen LogP contribution in [0.4, 0.5) is 14.5 Å². The van der Waals surface area contributed by atoms with E-state index in [2.05, 4.69) is 15.3 Å². The van der Waals surface area contributed by atoms with E-state index in [1.165, 1.54) is 11.3 Å². The van der Waals surface area contributed by atoms with Crippen LogP contribution in [0.25, 0.3) is 0 Å². The molecule has 0 aliphatic carbocycles. The third-order valence-corrected chi connectivity index (χ3v) is 7.75. The van der Waals surface area contributed by atoms with Crippen LogP contribution in [0.1, 0.15) is 28.7 Å². The van der Waals surface area contributed by atoms with Gasteiger partial charge in [0.15, 0.2) is 16.5 Å². The fourth-order valence-corrected chi connectivity index (χ4v) is 5.63. The van der Waals surface area contributed by atoms with Crippen LogP contribution in [0.5, 0.6) is 0 Å². The Bertz CT molecular complexity index is 1350. The van der Waals surface area contributed by atoms with E-state index in [-0.39, 0.29) is 57.0 Å². The molecule has 2 aromatic rings. The van der Waals surface area contributed by atoms with E-state index >= 15 is 4.39 Å². The zero-order valence-electron chi connectivity index (χ0n) is 20.4. The molecule has 3 aliphatic heterocycles. The molecular weight excluding hydrogens is 520 g/mol. The molecule has 0 spiro atoms. The number of hydrogen-bond acceptors (Lipinski definition) is 9. The van der Waals surface area contributed by atoms with Crippen LogP contribution >= 0.6 is 11.3 Å². The summed E-state index contributed by atoms with van der Waals surface area (Å²) >= 11 is 1.39. The summed E-state index contributed by atoms with van der Waals surface area (Å²) in [6.45, 7) is 2.55. The number of benzene rings is 1. The summed E-state index contributed by atoms with van der Waals surface area (Å²) in [6.07, 6.45) is 1.53. The van der Waals surface area contributed by atoms with Crippen molar-refractivity contribution in [2.45, 2.75) is 19.0 Å². The van der Waals surface area contributed by atoms with Gasteiger partial charge in [-0.25, -0.2) is 23.4 Å². The number of carboxylic acids is 1. The van der Waals surface area contributed by atoms with E-state index in [1.807, 2.05) is 10.3 Å². The van der Waals surface area contributed by atoms with Gasteiger partial charge in [0.1, 0.15) is 5.82 Å². The number of rotatable bonds is 7. The highest BCUT2D eigenvalue weighted by molar-refractivity contribution is 7.11. The number of piperidine rings is 1. The fraction of sp³-hybridized carbons (Fsp3) is 0.400. The number of ether oxygens (including phenoxy) is 1. The van der Waals surface area contributed by atoms with Crippen molar-refractivity contribution >= 4 is 40.7 Å². The molecule has 2 saturated heterocycles. The van der Waals surface area contributed by atoms with E-state index < -0.39 is 35.2 Å². The molecule has 2 fully saturated rings. The maximum absolute atomic E-state index is 16.0. The molecule has 0 radical (unpaired) electrons. The first kappa shape index (κ1) is 25.9. The topological polar surface area (TPSA) is 124 Å². The molecule has 0 bridgehead atoms. The molecule has 2 N–H and O–H groups in total. The van der Waals surface area contributed by atoms with Gasteiger partial charge in [-0.2, -0.15) is 0 Å². The van der Waals surface area contributed by atoms with E-state index in [1.54, 1.807) is 13.1 Å². The zero-order chi connectivity index (χ0) is 27.0. The van der Waals surface area contributed by atoms with Crippen molar-refractivity contribution in [3.63, 3.8) is 0 Å². The standard InChI is InChI=1S/C25H25F2N5O5S/c1-2-37-23(35)16-10-29-20(21-28-6-8-38-21)30-18(16)13-31-7-5-25(27)15(11-31)12-32(24(25)36)19-9-14(22(33)34)3-4-17(19)26/h3-4,6,8-9,15H,2,5,7,10-13H2,1H3,(H,29,30)(H,33,34). The van der Waals surface area contributed by atoms with Gasteiger partial charge in [0.05, 0.1) is 30.0 Å². The lowest BCUT2D eigenvalue weighted by Gasteiger charge is -2.37. The van der Waals surface area contributed by atoms with E-state index in [9.17, 15) is 23.9 Å². The minimum absolute atomic E-state index is 0.102. The van der Waals surface area contributed by atoms with Crippen molar-refractivity contribution in [2.24, 2.45) is 10.9 Å². The Hall–Kier alpha value is -3.71. The van der Waals surface area contributed by atoms with Crippen molar-refractivity contribution in [3.8, 4) is 0 Å². The third-order valence-electron chi connectivity index (χ3n) is 6.97. The van der Waals surface area contributed by atoms with Gasteiger partial charge < -0.3 is 20.1 Å². The number of nitrogens with one attached hydrogen (secondary N) is 1. The minimum Gasteiger partial charge on any atom is -0.478 e. The molecule has 4 heterocycles. The Kier molecular flexibility index (Phi) is 6.97. The maximum atomic E-state index is 16.0. The monoisotopic (exact) mass is 545 g/mol. The van der Waals surface area contributed by atoms with Gasteiger partial charge in [0, 0.05) is 55.8 Å². The highest BCUT2D eigenvalue weighted by Gasteiger charge is 2.57. The number of halogens is 2. The Balaban J connectivity index is 1.36. The van der Waals surface area contributed by atoms with Gasteiger partial charge in [-0.05, 0) is 25.1 Å². The number of hydrogen-bond donors (Lipinski definition) is 2. The van der Waals surface area contributed by atoms with E-state index in [0.717, 1.165) is 23.1 Å². The molecular formula is C25H25F2N5O5S. The molecule has 2 atom stereocenters. The zero-order valence-corrected chi connectivity index (χ0v) is 21.3. The van der Waals surface area contributed by atoms with Gasteiger partial charge in [-0.1, -0.05) is 0 Å². The number of aliphatic imine (C=N–C) groups is 1. The molecule has 2 unspecified atom stereocenters. The minimum atomic E-state index is -2.20. The third kappa shape index (κ3) is 4.67.